The number of hydrogen-bond donors (Lipinski definition) is 0. The van der Waals surface area contributed by atoms with E-state index in [1.54, 1.807) is 0 Å². The van der Waals surface area contributed by atoms with Crippen LogP contribution in [0.25, 0.3) is 33.4 Å². The molecule has 4 aliphatic carbocycles. The van der Waals surface area contributed by atoms with Crippen molar-refractivity contribution < 1.29 is 0 Å². The van der Waals surface area contributed by atoms with Gasteiger partial charge < -0.3 is 19.6 Å². The molecule has 2 fully saturated rings. The Balaban J connectivity index is 0.793. The van der Waals surface area contributed by atoms with Gasteiger partial charge in [-0.15, -0.1) is 0 Å². The van der Waals surface area contributed by atoms with Crippen LogP contribution < -0.4 is 19.6 Å². The van der Waals surface area contributed by atoms with E-state index in [9.17, 15) is 0 Å². The Morgan fingerprint density at radius 2 is 0.494 bits per heavy atom. The number of anilines is 11. The molecule has 0 N–H and O–H groups in total. The van der Waals surface area contributed by atoms with Crippen LogP contribution in [0, 0.1) is 0 Å². The monoisotopic (exact) mass is 1040 g/mol. The zero-order valence-corrected chi connectivity index (χ0v) is 45.9. The minimum atomic E-state index is 0.0575. The highest BCUT2D eigenvalue weighted by Gasteiger charge is 2.46. The Morgan fingerprint density at radius 1 is 0.235 bits per heavy atom. The van der Waals surface area contributed by atoms with Crippen molar-refractivity contribution in [2.45, 2.75) is 62.2 Å². The second kappa shape index (κ2) is 20.1. The van der Waals surface area contributed by atoms with Crippen molar-refractivity contribution in [3.05, 3.63) is 295 Å². The maximum Gasteiger partial charge on any atom is 0.0465 e. The molecule has 81 heavy (non-hydrogen) atoms. The van der Waals surface area contributed by atoms with Gasteiger partial charge in [0.1, 0.15) is 0 Å². The van der Waals surface area contributed by atoms with Crippen LogP contribution >= 0.6 is 0 Å². The number of nitrogens with zero attached hydrogens (tertiary/aromatic N) is 4. The van der Waals surface area contributed by atoms with Crippen molar-refractivity contribution >= 4 is 62.6 Å². The molecule has 0 radical (unpaired) electrons. The van der Waals surface area contributed by atoms with Gasteiger partial charge in [-0.25, -0.2) is 0 Å². The molecule has 0 bridgehead atoms. The Bertz CT molecular complexity index is 4010. The molecule has 11 aromatic carbocycles. The lowest BCUT2D eigenvalue weighted by molar-refractivity contribution is 0.550. The molecule has 4 heteroatoms. The Hall–Kier alpha value is -9.38. The van der Waals surface area contributed by atoms with E-state index in [2.05, 4.69) is 300 Å². The minimum absolute atomic E-state index is 0.0575. The average Bonchev–Trinajstić information content (AvgIpc) is 4.43. The largest absolute Gasteiger partial charge is 0.345 e. The Labute approximate surface area is 477 Å². The Morgan fingerprint density at radius 3 is 0.877 bits per heavy atom. The molecule has 0 saturated heterocycles. The topological polar surface area (TPSA) is 13.0 Å². The van der Waals surface area contributed by atoms with Gasteiger partial charge in [0, 0.05) is 80.4 Å². The van der Waals surface area contributed by atoms with Gasteiger partial charge in [0.2, 0.25) is 0 Å². The van der Waals surface area contributed by atoms with E-state index >= 15 is 0 Å². The van der Waals surface area contributed by atoms with Crippen LogP contribution in [0.5, 0.6) is 0 Å². The van der Waals surface area contributed by atoms with E-state index in [0.29, 0.717) is 0 Å². The van der Waals surface area contributed by atoms with E-state index in [0.717, 1.165) is 51.2 Å². The maximum atomic E-state index is 2.52. The van der Waals surface area contributed by atoms with Gasteiger partial charge in [0.15, 0.2) is 0 Å². The second-order valence-electron chi connectivity index (χ2n) is 22.8. The fraction of sp³-hybridized carbons (Fsp3) is 0.143. The summed E-state index contributed by atoms with van der Waals surface area (Å²) in [7, 11) is 2.14. The van der Waals surface area contributed by atoms with Gasteiger partial charge in [-0.05, 0) is 215 Å². The lowest BCUT2D eigenvalue weighted by Gasteiger charge is -2.31. The molecule has 4 aliphatic rings. The van der Waals surface area contributed by atoms with Gasteiger partial charge in [-0.2, -0.15) is 0 Å². The zero-order valence-electron chi connectivity index (χ0n) is 45.9. The summed E-state index contributed by atoms with van der Waals surface area (Å²) in [5, 5.41) is 0. The summed E-state index contributed by atoms with van der Waals surface area (Å²) in [6.07, 6.45) is 9.82. The first-order valence-electron chi connectivity index (χ1n) is 29.2. The van der Waals surface area contributed by atoms with Gasteiger partial charge in [0.25, 0.3) is 0 Å². The number of para-hydroxylation sites is 3. The number of hydrogen-bond acceptors (Lipinski definition) is 4. The highest BCUT2D eigenvalue weighted by Crippen LogP contribution is 2.59. The average molecular weight is 1050 g/mol. The van der Waals surface area contributed by atoms with Crippen LogP contribution in [0.3, 0.4) is 0 Å². The maximum absolute atomic E-state index is 2.52. The van der Waals surface area contributed by atoms with E-state index in [1.165, 1.54) is 118 Å². The summed E-state index contributed by atoms with van der Waals surface area (Å²) < 4.78 is 0. The van der Waals surface area contributed by atoms with Crippen LogP contribution in [0.2, 0.25) is 0 Å². The number of rotatable bonds is 12. The molecular formula is C77H64N4. The van der Waals surface area contributed by atoms with Crippen molar-refractivity contribution in [1.29, 1.82) is 0 Å². The van der Waals surface area contributed by atoms with Crippen molar-refractivity contribution in [3.8, 4) is 33.4 Å². The van der Waals surface area contributed by atoms with Crippen molar-refractivity contribution in [2.24, 2.45) is 0 Å². The lowest BCUT2D eigenvalue weighted by atomic mass is 9.76. The zero-order chi connectivity index (χ0) is 53.9. The molecule has 0 amide bonds. The van der Waals surface area contributed by atoms with Gasteiger partial charge >= 0.3 is 0 Å². The summed E-state index contributed by atoms with van der Waals surface area (Å²) >= 11 is 0. The van der Waals surface area contributed by atoms with Crippen LogP contribution in [0.4, 0.5) is 62.6 Å². The molecule has 15 rings (SSSR count). The summed E-state index contributed by atoms with van der Waals surface area (Å²) in [6.45, 7) is 0. The fourth-order valence-corrected chi connectivity index (χ4v) is 14.7. The van der Waals surface area contributed by atoms with Crippen molar-refractivity contribution in [2.75, 3.05) is 26.6 Å². The first-order valence-corrected chi connectivity index (χ1v) is 29.2. The van der Waals surface area contributed by atoms with Crippen LogP contribution in [0.1, 0.15) is 73.6 Å². The molecule has 392 valence electrons. The number of fused-ring (bicyclic) bond motifs is 10. The smallest absolute Gasteiger partial charge is 0.0465 e. The van der Waals surface area contributed by atoms with E-state index in [-0.39, 0.29) is 10.8 Å². The van der Waals surface area contributed by atoms with E-state index in [1.807, 2.05) is 0 Å². The SMILES string of the molecule is CN(c1ccccc1)c1ccc(N(c2ccc(-c3ccc(N(c4ccc(N(c5ccccc5)c5ccccc5)cc4)c4ccc5c(c4)C4(CCCC4)c4ccccc4-5)cc3)cc2)c2ccc3c(c2)C2(CCCC2)c2ccccc2-3)cc1. The van der Waals surface area contributed by atoms with Gasteiger partial charge in [-0.3, -0.25) is 0 Å². The van der Waals surface area contributed by atoms with E-state index in [4.69, 9.17) is 0 Å². The highest BCUT2D eigenvalue weighted by atomic mass is 15.2. The third kappa shape index (κ3) is 8.26. The summed E-state index contributed by atoms with van der Waals surface area (Å²) in [5.74, 6) is 0. The predicted octanol–water partition coefficient (Wildman–Crippen LogP) is 21.2. The normalized spacial score (nSPS) is 14.8. The predicted molar refractivity (Wildman–Crippen MR) is 340 cm³/mol. The third-order valence-electron chi connectivity index (χ3n) is 18.6. The van der Waals surface area contributed by atoms with Gasteiger partial charge in [-0.1, -0.05) is 165 Å². The first kappa shape index (κ1) is 48.7. The first-order chi connectivity index (χ1) is 40.0. The molecule has 0 atom stereocenters. The highest BCUT2D eigenvalue weighted by molar-refractivity contribution is 5.89. The Kier molecular flexibility index (Phi) is 12.1. The van der Waals surface area contributed by atoms with Crippen LogP contribution in [-0.2, 0) is 10.8 Å². The fourth-order valence-electron chi connectivity index (χ4n) is 14.7. The molecule has 0 unspecified atom stereocenters. The summed E-state index contributed by atoms with van der Waals surface area (Å²) in [4.78, 5) is 9.51. The van der Waals surface area contributed by atoms with Crippen LogP contribution in [-0.4, -0.2) is 7.05 Å². The van der Waals surface area contributed by atoms with Crippen molar-refractivity contribution in [1.82, 2.24) is 0 Å². The molecule has 0 aliphatic heterocycles. The quantitative estimate of drug-likeness (QED) is 0.121. The summed E-state index contributed by atoms with van der Waals surface area (Å²) in [6, 6.07) is 101. The molecule has 4 nitrogen and oxygen atoms in total. The minimum Gasteiger partial charge on any atom is -0.345 e. The van der Waals surface area contributed by atoms with Crippen molar-refractivity contribution in [3.63, 3.8) is 0 Å². The van der Waals surface area contributed by atoms with E-state index < -0.39 is 0 Å². The molecule has 11 aromatic rings. The van der Waals surface area contributed by atoms with Crippen LogP contribution in [0.15, 0.2) is 273 Å². The van der Waals surface area contributed by atoms with Gasteiger partial charge in [0.05, 0.1) is 0 Å². The molecule has 0 aromatic heterocycles. The summed E-state index contributed by atoms with van der Waals surface area (Å²) in [5.41, 5.74) is 26.5. The molecule has 2 spiro atoms. The lowest BCUT2D eigenvalue weighted by Crippen LogP contribution is -2.21. The number of benzene rings is 11. The molecular weight excluding hydrogens is 981 g/mol. The molecule has 2 saturated carbocycles. The second-order valence-corrected chi connectivity index (χ2v) is 22.8. The molecule has 0 heterocycles. The standard InChI is InChI=1S/C77H64N4/c1-78(57-19-5-2-6-20-57)58-37-39-64(40-38-58)80(66-45-47-70-68-25-11-13-27-72(68)76(74(70)53-66)49-15-16-50-76)61-33-29-55(30-34-61)56-31-35-62(36-32-56)81(67-46-48-71-69-26-12-14-28-73(69)77(75(71)54-67)51-17-18-52-77)65-43-41-63(42-44-65)79(59-21-7-3-8-22-59)60-23-9-4-10-24-60/h2-14,19-48,53-54H,15-18,49-52H2,1H3. The third-order valence-corrected chi connectivity index (χ3v) is 18.6.